The fraction of sp³-hybridized carbons (Fsp3) is 0.533. The number of hydrogen-bond donors (Lipinski definition) is 3. The highest BCUT2D eigenvalue weighted by atomic mass is 32.1. The lowest BCUT2D eigenvalue weighted by Gasteiger charge is -2.23. The first-order valence-corrected chi connectivity index (χ1v) is 8.53. The predicted octanol–water partition coefficient (Wildman–Crippen LogP) is 2.05. The molecule has 3 N–H and O–H groups in total. The van der Waals surface area contributed by atoms with Crippen molar-refractivity contribution in [2.75, 3.05) is 18.9 Å². The Balaban J connectivity index is 1.58. The van der Waals surface area contributed by atoms with E-state index in [-0.39, 0.29) is 6.03 Å². The van der Waals surface area contributed by atoms with Crippen LogP contribution in [0.4, 0.5) is 10.5 Å². The zero-order valence-corrected chi connectivity index (χ0v) is 14.4. The van der Waals surface area contributed by atoms with Crippen LogP contribution in [0.25, 0.3) is 11.0 Å². The average molecular weight is 334 g/mol. The molecule has 1 aromatic heterocycles. The molecular weight excluding hydrogens is 312 g/mol. The fourth-order valence-electron chi connectivity index (χ4n) is 2.97. The number of nitrogens with one attached hydrogen (secondary N) is 3. The van der Waals surface area contributed by atoms with E-state index in [1.165, 1.54) is 0 Å². The molecule has 2 atom stereocenters. The normalized spacial score (nSPS) is 24.0. The number of carbonyl (C=O) groups is 1. The first kappa shape index (κ1) is 16.1. The molecule has 2 amide bonds. The van der Waals surface area contributed by atoms with Gasteiger partial charge in [0.05, 0.1) is 17.4 Å². The van der Waals surface area contributed by atoms with Crippen molar-refractivity contribution >= 4 is 34.5 Å². The maximum atomic E-state index is 12.4. The van der Waals surface area contributed by atoms with Crippen LogP contribution in [0.3, 0.4) is 0 Å². The van der Waals surface area contributed by atoms with Crippen LogP contribution < -0.4 is 16.2 Å². The van der Waals surface area contributed by atoms with Crippen molar-refractivity contribution in [1.29, 1.82) is 0 Å². The van der Waals surface area contributed by atoms with Crippen LogP contribution in [0.2, 0.25) is 0 Å². The van der Waals surface area contributed by atoms with E-state index in [2.05, 4.69) is 38.8 Å². The van der Waals surface area contributed by atoms with Crippen LogP contribution >= 0.6 is 11.7 Å². The number of amides is 2. The Morgan fingerprint density at radius 3 is 2.78 bits per heavy atom. The summed E-state index contributed by atoms with van der Waals surface area (Å²) in [7, 11) is 1.82. The number of hydrogen-bond acceptors (Lipinski definition) is 6. The topological polar surface area (TPSA) is 82.2 Å². The molecule has 7 nitrogen and oxygen atoms in total. The zero-order valence-electron chi connectivity index (χ0n) is 13.5. The van der Waals surface area contributed by atoms with Gasteiger partial charge in [0.15, 0.2) is 0 Å². The molecule has 3 rings (SSSR count). The van der Waals surface area contributed by atoms with Gasteiger partial charge in [0.25, 0.3) is 0 Å². The molecule has 1 aliphatic rings. The lowest BCUT2D eigenvalue weighted by atomic mass is 9.93. The first-order valence-electron chi connectivity index (χ1n) is 7.80. The minimum absolute atomic E-state index is 0.121. The van der Waals surface area contributed by atoms with E-state index in [0.717, 1.165) is 29.2 Å². The van der Waals surface area contributed by atoms with Gasteiger partial charge in [-0.25, -0.2) is 4.79 Å². The van der Waals surface area contributed by atoms with E-state index in [1.807, 2.05) is 25.2 Å². The van der Waals surface area contributed by atoms with Gasteiger partial charge < -0.3 is 10.2 Å². The van der Waals surface area contributed by atoms with Gasteiger partial charge in [0.1, 0.15) is 11.0 Å². The van der Waals surface area contributed by atoms with Crippen molar-refractivity contribution in [2.45, 2.75) is 32.4 Å². The van der Waals surface area contributed by atoms with E-state index in [9.17, 15) is 4.79 Å². The molecule has 1 aromatic carbocycles. The number of aromatic nitrogens is 2. The van der Waals surface area contributed by atoms with Crippen molar-refractivity contribution in [1.82, 2.24) is 24.5 Å². The molecular formula is C15H22N6OS. The number of rotatable bonds is 4. The van der Waals surface area contributed by atoms with Gasteiger partial charge in [-0.3, -0.25) is 10.9 Å². The van der Waals surface area contributed by atoms with Crippen LogP contribution in [-0.4, -0.2) is 45.4 Å². The number of anilines is 1. The van der Waals surface area contributed by atoms with Crippen molar-refractivity contribution < 1.29 is 4.79 Å². The second-order valence-corrected chi connectivity index (χ2v) is 6.64. The highest BCUT2D eigenvalue weighted by molar-refractivity contribution is 7.00. The van der Waals surface area contributed by atoms with E-state index < -0.39 is 0 Å². The van der Waals surface area contributed by atoms with Gasteiger partial charge in [-0.05, 0) is 38.3 Å². The molecule has 2 unspecified atom stereocenters. The molecule has 124 valence electrons. The summed E-state index contributed by atoms with van der Waals surface area (Å²) in [6.07, 6.45) is 0.953. The standard InChI is InChI=1S/C15H22N6OS/c1-9-11(10(2)18-17-9)7-8-21(3)15(22)16-12-5-4-6-13-14(12)20-23-19-13/h4-6,9-11,17-18H,7-8H2,1-3H3,(H,16,22). The number of benzene rings is 1. The Morgan fingerprint density at radius 1 is 1.30 bits per heavy atom. The number of fused-ring (bicyclic) bond motifs is 1. The quantitative estimate of drug-likeness (QED) is 0.797. The monoisotopic (exact) mass is 334 g/mol. The van der Waals surface area contributed by atoms with Gasteiger partial charge in [-0.2, -0.15) is 8.75 Å². The smallest absolute Gasteiger partial charge is 0.321 e. The molecule has 8 heteroatoms. The molecule has 1 saturated heterocycles. The van der Waals surface area contributed by atoms with Crippen molar-refractivity contribution in [3.8, 4) is 0 Å². The fourth-order valence-corrected chi connectivity index (χ4v) is 3.52. The van der Waals surface area contributed by atoms with E-state index >= 15 is 0 Å². The molecule has 0 bridgehead atoms. The molecule has 1 fully saturated rings. The number of urea groups is 1. The first-order chi connectivity index (χ1) is 11.1. The lowest BCUT2D eigenvalue weighted by Crippen LogP contribution is -2.35. The second kappa shape index (κ2) is 6.77. The Bertz CT molecular complexity index is 679. The summed E-state index contributed by atoms with van der Waals surface area (Å²) < 4.78 is 8.43. The van der Waals surface area contributed by atoms with Crippen molar-refractivity contribution in [2.24, 2.45) is 5.92 Å². The van der Waals surface area contributed by atoms with Gasteiger partial charge >= 0.3 is 6.03 Å². The maximum absolute atomic E-state index is 12.4. The molecule has 2 aromatic rings. The SMILES string of the molecule is CC1NNC(C)C1CCN(C)C(=O)Nc1cccc2nsnc12. The third kappa shape index (κ3) is 3.44. The van der Waals surface area contributed by atoms with E-state index in [0.29, 0.717) is 30.2 Å². The Morgan fingerprint density at radius 2 is 2.04 bits per heavy atom. The summed E-state index contributed by atoms with van der Waals surface area (Å²) in [6.45, 7) is 5.04. The van der Waals surface area contributed by atoms with E-state index in [1.54, 1.807) is 4.90 Å². The summed E-state index contributed by atoms with van der Waals surface area (Å²) >= 11 is 1.15. The Labute approximate surface area is 139 Å². The molecule has 0 spiro atoms. The summed E-state index contributed by atoms with van der Waals surface area (Å²) in [5, 5.41) is 2.93. The van der Waals surface area contributed by atoms with Crippen molar-refractivity contribution in [3.05, 3.63) is 18.2 Å². The minimum Gasteiger partial charge on any atom is -0.328 e. The maximum Gasteiger partial charge on any atom is 0.321 e. The third-order valence-electron chi connectivity index (χ3n) is 4.50. The third-order valence-corrected chi connectivity index (χ3v) is 5.04. The van der Waals surface area contributed by atoms with Gasteiger partial charge in [-0.1, -0.05) is 6.07 Å². The highest BCUT2D eigenvalue weighted by Crippen LogP contribution is 2.22. The molecule has 0 aliphatic carbocycles. The summed E-state index contributed by atoms with van der Waals surface area (Å²) in [5.41, 5.74) is 8.75. The molecule has 2 heterocycles. The number of hydrazine groups is 1. The molecule has 0 radical (unpaired) electrons. The Hall–Kier alpha value is -1.77. The van der Waals surface area contributed by atoms with Crippen LogP contribution in [0.5, 0.6) is 0 Å². The number of carbonyl (C=O) groups excluding carboxylic acids is 1. The van der Waals surface area contributed by atoms with Gasteiger partial charge in [0, 0.05) is 25.7 Å². The molecule has 1 aliphatic heterocycles. The zero-order chi connectivity index (χ0) is 16.4. The summed E-state index contributed by atoms with van der Waals surface area (Å²) in [5.74, 6) is 0.511. The average Bonchev–Trinajstić information content (AvgIpc) is 3.13. The molecule has 0 saturated carbocycles. The Kier molecular flexibility index (Phi) is 4.74. The second-order valence-electron chi connectivity index (χ2n) is 6.11. The number of nitrogens with zero attached hydrogens (tertiary/aromatic N) is 3. The minimum atomic E-state index is -0.121. The van der Waals surface area contributed by atoms with Crippen LogP contribution in [0, 0.1) is 5.92 Å². The molecule has 23 heavy (non-hydrogen) atoms. The van der Waals surface area contributed by atoms with Crippen molar-refractivity contribution in [3.63, 3.8) is 0 Å². The summed E-state index contributed by atoms with van der Waals surface area (Å²) in [6, 6.07) is 6.32. The van der Waals surface area contributed by atoms with E-state index in [4.69, 9.17) is 0 Å². The highest BCUT2D eigenvalue weighted by Gasteiger charge is 2.29. The van der Waals surface area contributed by atoms with Crippen LogP contribution in [0.15, 0.2) is 18.2 Å². The summed E-state index contributed by atoms with van der Waals surface area (Å²) in [4.78, 5) is 14.1. The van der Waals surface area contributed by atoms with Gasteiger partial charge in [0.2, 0.25) is 0 Å². The largest absolute Gasteiger partial charge is 0.328 e. The van der Waals surface area contributed by atoms with Crippen LogP contribution in [0.1, 0.15) is 20.3 Å². The predicted molar refractivity (Wildman–Crippen MR) is 92.4 cm³/mol. The van der Waals surface area contributed by atoms with Crippen LogP contribution in [-0.2, 0) is 0 Å². The van der Waals surface area contributed by atoms with Gasteiger partial charge in [-0.15, -0.1) is 0 Å². The lowest BCUT2D eigenvalue weighted by molar-refractivity contribution is 0.217.